The molecule has 0 N–H and O–H groups in total. The molecule has 0 saturated carbocycles. The van der Waals surface area contributed by atoms with Gasteiger partial charge in [-0.05, 0) is 80.7 Å². The molecular formula is C32H37N3O4. The third kappa shape index (κ3) is 6.42. The van der Waals surface area contributed by atoms with E-state index in [2.05, 4.69) is 4.90 Å². The van der Waals surface area contributed by atoms with Crippen molar-refractivity contribution in [2.75, 3.05) is 26.7 Å². The molecule has 7 heteroatoms. The number of benzene rings is 3. The van der Waals surface area contributed by atoms with Crippen molar-refractivity contribution < 1.29 is 9.47 Å². The number of likely N-dealkylation sites (tertiary alicyclic amines) is 1. The number of aromatic nitrogens is 2. The van der Waals surface area contributed by atoms with Crippen LogP contribution >= 0.6 is 0 Å². The average molecular weight is 528 g/mol. The molecule has 0 amide bonds. The van der Waals surface area contributed by atoms with Crippen LogP contribution in [0.5, 0.6) is 11.5 Å². The Morgan fingerprint density at radius 2 is 1.49 bits per heavy atom. The fraction of sp³-hybridized carbons (Fsp3) is 0.375. The normalized spacial score (nSPS) is 14.0. The van der Waals surface area contributed by atoms with E-state index in [1.165, 1.54) is 23.8 Å². The molecule has 4 aromatic rings. The van der Waals surface area contributed by atoms with Crippen molar-refractivity contribution in [3.63, 3.8) is 0 Å². The minimum Gasteiger partial charge on any atom is -0.497 e. The fourth-order valence-electron chi connectivity index (χ4n) is 5.35. The zero-order chi connectivity index (χ0) is 27.0. The lowest BCUT2D eigenvalue weighted by molar-refractivity contribution is 0.223. The number of methoxy groups -OCH3 is 1. The summed E-state index contributed by atoms with van der Waals surface area (Å²) in [6, 6.07) is 22.8. The van der Waals surface area contributed by atoms with Gasteiger partial charge in [-0.25, -0.2) is 4.79 Å². The molecule has 1 aliphatic heterocycles. The van der Waals surface area contributed by atoms with Crippen LogP contribution in [0.1, 0.15) is 43.2 Å². The van der Waals surface area contributed by atoms with E-state index in [-0.39, 0.29) is 17.8 Å². The highest BCUT2D eigenvalue weighted by molar-refractivity contribution is 5.84. The number of para-hydroxylation sites is 1. The summed E-state index contributed by atoms with van der Waals surface area (Å²) in [5.41, 5.74) is 1.85. The Bertz CT molecular complexity index is 1490. The minimum absolute atomic E-state index is 0.195. The molecule has 1 aromatic heterocycles. The number of unbranched alkanes of at least 4 members (excludes halogenated alkanes) is 1. The molecule has 1 fully saturated rings. The van der Waals surface area contributed by atoms with Crippen molar-refractivity contribution in [3.05, 3.63) is 105 Å². The van der Waals surface area contributed by atoms with Crippen LogP contribution in [0.15, 0.2) is 82.4 Å². The SMILES string of the molecule is COc1ccc(Cn2c(=O)c3cccc(OCc4ccccc4)c3n(CCCCN3CCCCC3)c2=O)cc1. The molecule has 1 aliphatic rings. The second kappa shape index (κ2) is 12.8. The molecule has 3 aromatic carbocycles. The van der Waals surface area contributed by atoms with Crippen LogP contribution in [0.25, 0.3) is 10.9 Å². The molecule has 5 rings (SSSR count). The third-order valence-corrected chi connectivity index (χ3v) is 7.50. The number of aryl methyl sites for hydroxylation is 1. The third-order valence-electron chi connectivity index (χ3n) is 7.50. The number of nitrogens with zero attached hydrogens (tertiary/aromatic N) is 3. The van der Waals surface area contributed by atoms with Gasteiger partial charge < -0.3 is 14.4 Å². The predicted octanol–water partition coefficient (Wildman–Crippen LogP) is 5.07. The lowest BCUT2D eigenvalue weighted by atomic mass is 10.1. The molecule has 39 heavy (non-hydrogen) atoms. The van der Waals surface area contributed by atoms with E-state index in [0.717, 1.165) is 49.4 Å². The van der Waals surface area contributed by atoms with E-state index < -0.39 is 0 Å². The van der Waals surface area contributed by atoms with E-state index >= 15 is 0 Å². The number of ether oxygens (including phenoxy) is 2. The number of hydrogen-bond donors (Lipinski definition) is 0. The van der Waals surface area contributed by atoms with Crippen LogP contribution < -0.4 is 20.7 Å². The summed E-state index contributed by atoms with van der Waals surface area (Å²) in [6.07, 6.45) is 5.70. The van der Waals surface area contributed by atoms with Gasteiger partial charge >= 0.3 is 5.69 Å². The van der Waals surface area contributed by atoms with Gasteiger partial charge in [-0.3, -0.25) is 13.9 Å². The second-order valence-electron chi connectivity index (χ2n) is 10.2. The molecule has 204 valence electrons. The van der Waals surface area contributed by atoms with Gasteiger partial charge in [0.15, 0.2) is 0 Å². The molecule has 0 atom stereocenters. The van der Waals surface area contributed by atoms with Gasteiger partial charge in [0.2, 0.25) is 0 Å². The highest BCUT2D eigenvalue weighted by Crippen LogP contribution is 2.24. The summed E-state index contributed by atoms with van der Waals surface area (Å²) in [4.78, 5) is 30.1. The predicted molar refractivity (Wildman–Crippen MR) is 155 cm³/mol. The molecule has 7 nitrogen and oxygen atoms in total. The topological polar surface area (TPSA) is 65.7 Å². The summed E-state index contributed by atoms with van der Waals surface area (Å²) in [7, 11) is 1.62. The van der Waals surface area contributed by atoms with Gasteiger partial charge in [0.1, 0.15) is 23.6 Å². The Labute approximate surface area is 229 Å². The van der Waals surface area contributed by atoms with Crippen LogP contribution in [0.4, 0.5) is 0 Å². The Balaban J connectivity index is 1.48. The molecule has 0 spiro atoms. The van der Waals surface area contributed by atoms with Crippen LogP contribution in [-0.4, -0.2) is 40.8 Å². The van der Waals surface area contributed by atoms with E-state index in [1.54, 1.807) is 17.7 Å². The maximum absolute atomic E-state index is 13.9. The maximum Gasteiger partial charge on any atom is 0.331 e. The van der Waals surface area contributed by atoms with Crippen LogP contribution in [0.3, 0.4) is 0 Å². The van der Waals surface area contributed by atoms with Crippen molar-refractivity contribution in [1.29, 1.82) is 0 Å². The van der Waals surface area contributed by atoms with Gasteiger partial charge in [-0.2, -0.15) is 0 Å². The Kier molecular flexibility index (Phi) is 8.78. The Hall–Kier alpha value is -3.84. The standard InChI is InChI=1S/C32H37N3O4/c1-38-27-17-15-25(16-18-27)23-35-31(36)28-13-10-14-29(39-24-26-11-4-2-5-12-26)30(28)34(32(35)37)22-9-8-21-33-19-6-3-7-20-33/h2,4-5,10-18H,3,6-9,19-24H2,1H3. The first kappa shape index (κ1) is 26.8. The molecule has 2 heterocycles. The van der Waals surface area contributed by atoms with Gasteiger partial charge in [-0.1, -0.05) is 55.0 Å². The molecule has 0 unspecified atom stereocenters. The summed E-state index contributed by atoms with van der Waals surface area (Å²) in [5, 5.41) is 0.490. The zero-order valence-electron chi connectivity index (χ0n) is 22.7. The lowest BCUT2D eigenvalue weighted by Crippen LogP contribution is -2.40. The minimum atomic E-state index is -0.308. The van der Waals surface area contributed by atoms with Crippen molar-refractivity contribution >= 4 is 10.9 Å². The highest BCUT2D eigenvalue weighted by Gasteiger charge is 2.18. The first-order valence-corrected chi connectivity index (χ1v) is 13.9. The monoisotopic (exact) mass is 527 g/mol. The van der Waals surface area contributed by atoms with Gasteiger partial charge in [-0.15, -0.1) is 0 Å². The zero-order valence-corrected chi connectivity index (χ0v) is 22.7. The quantitative estimate of drug-likeness (QED) is 0.255. The van der Waals surface area contributed by atoms with E-state index in [9.17, 15) is 9.59 Å². The largest absolute Gasteiger partial charge is 0.497 e. The van der Waals surface area contributed by atoms with Crippen molar-refractivity contribution in [1.82, 2.24) is 14.0 Å². The summed E-state index contributed by atoms with van der Waals surface area (Å²) in [6.45, 7) is 4.44. The van der Waals surface area contributed by atoms with Crippen molar-refractivity contribution in [3.8, 4) is 11.5 Å². The van der Waals surface area contributed by atoms with Gasteiger partial charge in [0.25, 0.3) is 5.56 Å². The summed E-state index contributed by atoms with van der Waals surface area (Å²) < 4.78 is 14.6. The number of rotatable bonds is 11. The first-order valence-electron chi connectivity index (χ1n) is 13.9. The highest BCUT2D eigenvalue weighted by atomic mass is 16.5. The maximum atomic E-state index is 13.9. The number of fused-ring (bicyclic) bond motifs is 1. The van der Waals surface area contributed by atoms with E-state index in [4.69, 9.17) is 9.47 Å². The van der Waals surface area contributed by atoms with Crippen molar-refractivity contribution in [2.45, 2.75) is 51.8 Å². The molecule has 0 radical (unpaired) electrons. The van der Waals surface area contributed by atoms with E-state index in [1.807, 2.05) is 66.7 Å². The van der Waals surface area contributed by atoms with Gasteiger partial charge in [0.05, 0.1) is 19.0 Å². The molecular weight excluding hydrogens is 490 g/mol. The fourth-order valence-corrected chi connectivity index (χ4v) is 5.35. The van der Waals surface area contributed by atoms with Crippen LogP contribution in [-0.2, 0) is 19.7 Å². The van der Waals surface area contributed by atoms with Crippen LogP contribution in [0.2, 0.25) is 0 Å². The smallest absolute Gasteiger partial charge is 0.331 e. The molecule has 1 saturated heterocycles. The molecule has 0 aliphatic carbocycles. The van der Waals surface area contributed by atoms with Gasteiger partial charge in [0, 0.05) is 6.54 Å². The van der Waals surface area contributed by atoms with E-state index in [0.29, 0.717) is 29.8 Å². The average Bonchev–Trinajstić information content (AvgIpc) is 2.99. The second-order valence-corrected chi connectivity index (χ2v) is 10.2. The summed E-state index contributed by atoms with van der Waals surface area (Å²) in [5.74, 6) is 1.29. The first-order chi connectivity index (χ1) is 19.1. The molecule has 0 bridgehead atoms. The summed E-state index contributed by atoms with van der Waals surface area (Å²) >= 11 is 0. The van der Waals surface area contributed by atoms with Crippen molar-refractivity contribution in [2.24, 2.45) is 0 Å². The Morgan fingerprint density at radius 3 is 2.23 bits per heavy atom. The Morgan fingerprint density at radius 1 is 0.744 bits per heavy atom. The van der Waals surface area contributed by atoms with Crippen LogP contribution in [0, 0.1) is 0 Å². The number of piperidine rings is 1. The number of hydrogen-bond acceptors (Lipinski definition) is 5. The lowest BCUT2D eigenvalue weighted by Gasteiger charge is -2.26.